The van der Waals surface area contributed by atoms with Crippen LogP contribution in [0.2, 0.25) is 0 Å². The third-order valence-electron chi connectivity index (χ3n) is 2.24. The largest absolute Gasteiger partial charge is 0.416 e. The molecule has 1 aromatic carbocycles. The van der Waals surface area contributed by atoms with Crippen molar-refractivity contribution < 1.29 is 21.6 Å². The van der Waals surface area contributed by atoms with Crippen LogP contribution in [0.3, 0.4) is 0 Å². The molecule has 1 rings (SSSR count). The molecule has 110 valence electrons. The number of hydrogen-bond donors (Lipinski definition) is 1. The van der Waals surface area contributed by atoms with Crippen LogP contribution in [0.15, 0.2) is 18.2 Å². The van der Waals surface area contributed by atoms with Gasteiger partial charge in [-0.3, -0.25) is 4.72 Å². The molecule has 20 heavy (non-hydrogen) atoms. The summed E-state index contributed by atoms with van der Waals surface area (Å²) in [4.78, 5) is 0. The van der Waals surface area contributed by atoms with E-state index in [1.165, 1.54) is 0 Å². The maximum absolute atomic E-state index is 12.6. The Bertz CT molecular complexity index is 640. The van der Waals surface area contributed by atoms with Gasteiger partial charge in [-0.15, -0.1) is 0 Å². The first-order chi connectivity index (χ1) is 9.13. The molecule has 1 N–H and O–H groups in total. The van der Waals surface area contributed by atoms with E-state index in [0.717, 1.165) is 30.9 Å². The molecule has 7 heteroatoms. The molecule has 0 aliphatic heterocycles. The normalized spacial score (nSPS) is 11.7. The van der Waals surface area contributed by atoms with Gasteiger partial charge in [-0.2, -0.15) is 13.2 Å². The van der Waals surface area contributed by atoms with Crippen LogP contribution in [0.5, 0.6) is 0 Å². The smallest absolute Gasteiger partial charge is 0.283 e. The summed E-state index contributed by atoms with van der Waals surface area (Å²) >= 11 is 0. The Morgan fingerprint density at radius 3 is 2.45 bits per heavy atom. The van der Waals surface area contributed by atoms with Gasteiger partial charge in [0.2, 0.25) is 10.0 Å². The summed E-state index contributed by atoms with van der Waals surface area (Å²) in [5, 5.41) is 0. The zero-order valence-corrected chi connectivity index (χ0v) is 11.8. The molecule has 0 radical (unpaired) electrons. The second kappa shape index (κ2) is 6.18. The van der Waals surface area contributed by atoms with Gasteiger partial charge in [-0.05, 0) is 24.6 Å². The molecule has 0 atom stereocenters. The van der Waals surface area contributed by atoms with Gasteiger partial charge in [0.05, 0.1) is 17.5 Å². The minimum atomic E-state index is -4.50. The molecule has 1 aromatic rings. The van der Waals surface area contributed by atoms with E-state index in [1.807, 2.05) is 6.92 Å². The van der Waals surface area contributed by atoms with Crippen LogP contribution in [-0.4, -0.2) is 14.7 Å². The van der Waals surface area contributed by atoms with E-state index in [-0.39, 0.29) is 11.3 Å². The van der Waals surface area contributed by atoms with Crippen molar-refractivity contribution in [3.8, 4) is 11.8 Å². The second-order valence-electron chi connectivity index (χ2n) is 4.18. The number of unbranched alkanes of at least 4 members (excludes halogenated alkanes) is 1. The number of hydrogen-bond acceptors (Lipinski definition) is 2. The summed E-state index contributed by atoms with van der Waals surface area (Å²) in [6.45, 7) is 1.89. The molecule has 0 spiro atoms. The summed E-state index contributed by atoms with van der Waals surface area (Å²) in [7, 11) is -3.58. The molecule has 0 aromatic heterocycles. The first kappa shape index (κ1) is 16.4. The van der Waals surface area contributed by atoms with Gasteiger partial charge in [0.25, 0.3) is 0 Å². The monoisotopic (exact) mass is 305 g/mol. The number of alkyl halides is 3. The highest BCUT2D eigenvalue weighted by atomic mass is 32.2. The fourth-order valence-electron chi connectivity index (χ4n) is 1.40. The van der Waals surface area contributed by atoms with Crippen molar-refractivity contribution in [3.63, 3.8) is 0 Å². The van der Waals surface area contributed by atoms with Crippen LogP contribution in [0.25, 0.3) is 0 Å². The Hall–Kier alpha value is -1.68. The molecule has 0 aliphatic carbocycles. The Labute approximate surface area is 116 Å². The number of benzene rings is 1. The van der Waals surface area contributed by atoms with E-state index in [0.29, 0.717) is 6.42 Å². The second-order valence-corrected chi connectivity index (χ2v) is 5.93. The standard InChI is InChI=1S/C13H14F3NO2S/c1-3-4-5-6-10-9-11(13(14,15)16)7-8-12(10)17-20(2,18)19/h7-9,17H,3-4H2,1-2H3. The molecule has 0 fully saturated rings. The van der Waals surface area contributed by atoms with Crippen molar-refractivity contribution >= 4 is 15.7 Å². The maximum atomic E-state index is 12.6. The molecule has 0 saturated carbocycles. The van der Waals surface area contributed by atoms with Gasteiger partial charge in [-0.1, -0.05) is 18.8 Å². The number of anilines is 1. The average molecular weight is 305 g/mol. The third-order valence-corrected chi connectivity index (χ3v) is 2.83. The van der Waals surface area contributed by atoms with Crippen LogP contribution in [-0.2, 0) is 16.2 Å². The third kappa shape index (κ3) is 5.13. The Balaban J connectivity index is 3.28. The predicted octanol–water partition coefficient (Wildman–Crippen LogP) is 3.23. The lowest BCUT2D eigenvalue weighted by molar-refractivity contribution is -0.137. The highest BCUT2D eigenvalue weighted by Crippen LogP contribution is 2.31. The molecule has 0 heterocycles. The van der Waals surface area contributed by atoms with Crippen molar-refractivity contribution in [2.45, 2.75) is 25.9 Å². The lowest BCUT2D eigenvalue weighted by Gasteiger charge is -2.11. The number of halogens is 3. The summed E-state index contributed by atoms with van der Waals surface area (Å²) in [5.74, 6) is 5.28. The number of nitrogens with one attached hydrogen (secondary N) is 1. The minimum Gasteiger partial charge on any atom is -0.283 e. The van der Waals surface area contributed by atoms with Crippen LogP contribution in [0.1, 0.15) is 30.9 Å². The summed E-state index contributed by atoms with van der Waals surface area (Å²) in [6, 6.07) is 2.73. The van der Waals surface area contributed by atoms with Crippen LogP contribution >= 0.6 is 0 Å². The zero-order chi connectivity index (χ0) is 15.4. The van der Waals surface area contributed by atoms with Crippen molar-refractivity contribution in [3.05, 3.63) is 29.3 Å². The van der Waals surface area contributed by atoms with Gasteiger partial charge in [0.15, 0.2) is 0 Å². The first-order valence-electron chi connectivity index (χ1n) is 5.81. The van der Waals surface area contributed by atoms with Crippen molar-refractivity contribution in [1.29, 1.82) is 0 Å². The Kier molecular flexibility index (Phi) is 5.06. The number of rotatable bonds is 3. The number of sulfonamides is 1. The predicted molar refractivity (Wildman–Crippen MR) is 71.7 cm³/mol. The zero-order valence-electron chi connectivity index (χ0n) is 11.0. The quantitative estimate of drug-likeness (QED) is 0.872. The fourth-order valence-corrected chi connectivity index (χ4v) is 1.97. The molecule has 0 unspecified atom stereocenters. The van der Waals surface area contributed by atoms with E-state index in [9.17, 15) is 21.6 Å². The lowest BCUT2D eigenvalue weighted by Crippen LogP contribution is -2.12. The maximum Gasteiger partial charge on any atom is 0.416 e. The van der Waals surface area contributed by atoms with Crippen molar-refractivity contribution in [2.24, 2.45) is 0 Å². The lowest BCUT2D eigenvalue weighted by atomic mass is 10.1. The average Bonchev–Trinajstić information content (AvgIpc) is 2.28. The van der Waals surface area contributed by atoms with E-state index in [1.54, 1.807) is 0 Å². The van der Waals surface area contributed by atoms with Crippen molar-refractivity contribution in [2.75, 3.05) is 11.0 Å². The van der Waals surface area contributed by atoms with Gasteiger partial charge in [0, 0.05) is 12.0 Å². The summed E-state index contributed by atoms with van der Waals surface area (Å²) in [5.41, 5.74) is -0.805. The van der Waals surface area contributed by atoms with Crippen LogP contribution in [0.4, 0.5) is 18.9 Å². The first-order valence-corrected chi connectivity index (χ1v) is 7.70. The molecular formula is C13H14F3NO2S. The summed E-state index contributed by atoms with van der Waals surface area (Å²) < 4.78 is 62.4. The summed E-state index contributed by atoms with van der Waals surface area (Å²) in [6.07, 6.45) is -2.28. The molecule has 0 aliphatic rings. The Morgan fingerprint density at radius 2 is 1.95 bits per heavy atom. The Morgan fingerprint density at radius 1 is 1.30 bits per heavy atom. The molecule has 3 nitrogen and oxygen atoms in total. The minimum absolute atomic E-state index is 0.0127. The topological polar surface area (TPSA) is 46.2 Å². The van der Waals surface area contributed by atoms with Gasteiger partial charge < -0.3 is 0 Å². The highest BCUT2D eigenvalue weighted by molar-refractivity contribution is 7.92. The fraction of sp³-hybridized carbons (Fsp3) is 0.385. The van der Waals surface area contributed by atoms with E-state index in [2.05, 4.69) is 16.6 Å². The van der Waals surface area contributed by atoms with Crippen LogP contribution in [0, 0.1) is 11.8 Å². The van der Waals surface area contributed by atoms with Gasteiger partial charge in [-0.25, -0.2) is 8.42 Å². The molecular weight excluding hydrogens is 291 g/mol. The van der Waals surface area contributed by atoms with Gasteiger partial charge >= 0.3 is 6.18 Å². The van der Waals surface area contributed by atoms with Gasteiger partial charge in [0.1, 0.15) is 0 Å². The van der Waals surface area contributed by atoms with Crippen molar-refractivity contribution in [1.82, 2.24) is 0 Å². The van der Waals surface area contributed by atoms with E-state index < -0.39 is 21.8 Å². The molecule has 0 saturated heterocycles. The molecule has 0 amide bonds. The van der Waals surface area contributed by atoms with Crippen LogP contribution < -0.4 is 4.72 Å². The van der Waals surface area contributed by atoms with E-state index in [4.69, 9.17) is 0 Å². The SMILES string of the molecule is CCCC#Cc1cc(C(F)(F)F)ccc1NS(C)(=O)=O. The van der Waals surface area contributed by atoms with E-state index >= 15 is 0 Å². The highest BCUT2D eigenvalue weighted by Gasteiger charge is 2.31. The molecule has 0 bridgehead atoms.